The van der Waals surface area contributed by atoms with Crippen molar-refractivity contribution in [2.45, 2.75) is 57.2 Å². The molecule has 17 heteroatoms. The number of nitrogens with one attached hydrogen (secondary N) is 1. The lowest BCUT2D eigenvalue weighted by Gasteiger charge is -2.34. The molecule has 1 aromatic rings. The van der Waals surface area contributed by atoms with Crippen LogP contribution < -0.4 is 10.2 Å². The number of carbonyl (C=O) groups excluding carboxylic acids is 1. The number of hydrogen-bond donors (Lipinski definition) is 3. The molecule has 3 atom stereocenters. The Bertz CT molecular complexity index is 964. The summed E-state index contributed by atoms with van der Waals surface area (Å²) in [7, 11) is 0. The predicted molar refractivity (Wildman–Crippen MR) is 126 cm³/mol. The molecule has 0 radical (unpaired) electrons. The van der Waals surface area contributed by atoms with Crippen molar-refractivity contribution in [2.75, 3.05) is 44.2 Å². The molecule has 3 aliphatic rings. The van der Waals surface area contributed by atoms with Crippen LogP contribution >= 0.6 is 0 Å². The number of amides is 1. The van der Waals surface area contributed by atoms with E-state index in [1.54, 1.807) is 0 Å². The number of anilines is 1. The number of likely N-dealkylation sites (tertiary alicyclic amines) is 1. The minimum atomic E-state index is -5.08. The van der Waals surface area contributed by atoms with Gasteiger partial charge in [0, 0.05) is 26.2 Å². The summed E-state index contributed by atoms with van der Waals surface area (Å²) in [4.78, 5) is 34.9. The fraction of sp³-hybridized carbons (Fsp3) is 0.696. The molecule has 0 aromatic carbocycles. The molecule has 3 fully saturated rings. The van der Waals surface area contributed by atoms with Crippen LogP contribution in [0.5, 0.6) is 0 Å². The molecule has 40 heavy (non-hydrogen) atoms. The SMILES string of the molecule is Cc1ccc(N2CC[C@H]3C[C@H](C(=O)NCCN4CCCC4)O[C@H]3C2)nn1.O=C(O)C(F)(F)F.O=C(O)C(F)(F)F. The third-order valence-electron chi connectivity index (χ3n) is 6.36. The maximum Gasteiger partial charge on any atom is 0.490 e. The molecule has 11 nitrogen and oxygen atoms in total. The monoisotopic (exact) mass is 587 g/mol. The van der Waals surface area contributed by atoms with Crippen molar-refractivity contribution in [2.24, 2.45) is 5.92 Å². The van der Waals surface area contributed by atoms with Crippen LogP contribution in [-0.4, -0.2) is 107 Å². The third-order valence-corrected chi connectivity index (χ3v) is 6.36. The number of halogens is 6. The van der Waals surface area contributed by atoms with E-state index in [2.05, 4.69) is 25.3 Å². The number of aliphatic carboxylic acids is 2. The van der Waals surface area contributed by atoms with Crippen LogP contribution in [-0.2, 0) is 19.1 Å². The number of carbonyl (C=O) groups is 3. The van der Waals surface area contributed by atoms with Crippen LogP contribution in [0, 0.1) is 12.8 Å². The number of rotatable bonds is 5. The van der Waals surface area contributed by atoms with Crippen LogP contribution in [0.15, 0.2) is 12.1 Å². The van der Waals surface area contributed by atoms with Gasteiger partial charge in [0.05, 0.1) is 11.8 Å². The zero-order valence-electron chi connectivity index (χ0n) is 21.5. The molecule has 0 unspecified atom stereocenters. The van der Waals surface area contributed by atoms with Gasteiger partial charge in [0.1, 0.15) is 6.10 Å². The Morgan fingerprint density at radius 3 is 2.08 bits per heavy atom. The molecule has 3 aliphatic heterocycles. The van der Waals surface area contributed by atoms with E-state index in [1.807, 2.05) is 19.1 Å². The van der Waals surface area contributed by atoms with Crippen molar-refractivity contribution >= 4 is 23.7 Å². The van der Waals surface area contributed by atoms with E-state index in [4.69, 9.17) is 24.5 Å². The lowest BCUT2D eigenvalue weighted by atomic mass is 9.91. The van der Waals surface area contributed by atoms with Gasteiger partial charge in [0.15, 0.2) is 5.82 Å². The summed E-state index contributed by atoms with van der Waals surface area (Å²) in [6, 6.07) is 4.00. The normalized spacial score (nSPS) is 22.8. The summed E-state index contributed by atoms with van der Waals surface area (Å²) >= 11 is 0. The van der Waals surface area contributed by atoms with Gasteiger partial charge in [-0.25, -0.2) is 9.59 Å². The van der Waals surface area contributed by atoms with Gasteiger partial charge >= 0.3 is 24.3 Å². The van der Waals surface area contributed by atoms with Gasteiger partial charge in [-0.2, -0.15) is 31.4 Å². The molecule has 0 aliphatic carbocycles. The standard InChI is InChI=1S/C19H29N5O2.2C2HF3O2/c1-14-4-5-18(22-21-14)24-10-6-15-12-16(26-17(15)13-24)19(25)20-7-11-23-8-2-3-9-23;2*3-2(4,5)1(6)7/h4-5,15-17H,2-3,6-13H2,1H3,(H,20,25);2*(H,6,7)/t15-,16+,17-;;/m0../s1. The highest BCUT2D eigenvalue weighted by atomic mass is 19.4. The van der Waals surface area contributed by atoms with Gasteiger partial charge in [-0.3, -0.25) is 4.79 Å². The first-order valence-corrected chi connectivity index (χ1v) is 12.4. The lowest BCUT2D eigenvalue weighted by molar-refractivity contribution is -0.193. The summed E-state index contributed by atoms with van der Waals surface area (Å²) in [5.41, 5.74) is 0.923. The van der Waals surface area contributed by atoms with Crippen molar-refractivity contribution in [3.8, 4) is 0 Å². The fourth-order valence-electron chi connectivity index (χ4n) is 4.33. The van der Waals surface area contributed by atoms with E-state index in [0.717, 1.165) is 63.6 Å². The second kappa shape index (κ2) is 14.4. The van der Waals surface area contributed by atoms with Crippen LogP contribution in [0.4, 0.5) is 32.2 Å². The second-order valence-electron chi connectivity index (χ2n) is 9.37. The van der Waals surface area contributed by atoms with Gasteiger partial charge in [0.25, 0.3) is 0 Å². The number of aromatic nitrogens is 2. The molecule has 4 rings (SSSR count). The molecule has 0 bridgehead atoms. The van der Waals surface area contributed by atoms with Gasteiger partial charge in [-0.05, 0) is 63.7 Å². The number of aryl methyl sites for hydroxylation is 1. The number of ether oxygens (including phenoxy) is 1. The van der Waals surface area contributed by atoms with Gasteiger partial charge in [-0.15, -0.1) is 5.10 Å². The van der Waals surface area contributed by atoms with Gasteiger partial charge in [-0.1, -0.05) is 0 Å². The van der Waals surface area contributed by atoms with Crippen LogP contribution in [0.1, 0.15) is 31.4 Å². The van der Waals surface area contributed by atoms with E-state index < -0.39 is 24.3 Å². The largest absolute Gasteiger partial charge is 0.490 e. The summed E-state index contributed by atoms with van der Waals surface area (Å²) < 4.78 is 69.6. The van der Waals surface area contributed by atoms with Crippen molar-refractivity contribution in [1.29, 1.82) is 0 Å². The first-order valence-electron chi connectivity index (χ1n) is 12.4. The molecule has 3 N–H and O–H groups in total. The molecule has 0 spiro atoms. The smallest absolute Gasteiger partial charge is 0.475 e. The highest BCUT2D eigenvalue weighted by Crippen LogP contribution is 2.34. The zero-order chi connectivity index (χ0) is 30.1. The highest BCUT2D eigenvalue weighted by Gasteiger charge is 2.42. The Balaban J connectivity index is 0.000000333. The average molecular weight is 588 g/mol. The summed E-state index contributed by atoms with van der Waals surface area (Å²) in [5.74, 6) is -4.09. The minimum absolute atomic E-state index is 0.0558. The number of nitrogens with zero attached hydrogens (tertiary/aromatic N) is 4. The van der Waals surface area contributed by atoms with Crippen LogP contribution in [0.3, 0.4) is 0 Å². The van der Waals surface area contributed by atoms with E-state index >= 15 is 0 Å². The van der Waals surface area contributed by atoms with E-state index in [1.165, 1.54) is 12.8 Å². The van der Waals surface area contributed by atoms with Crippen molar-refractivity contribution in [3.63, 3.8) is 0 Å². The Hall–Kier alpha value is -3.21. The lowest BCUT2D eigenvalue weighted by Crippen LogP contribution is -2.43. The zero-order valence-corrected chi connectivity index (χ0v) is 21.5. The number of alkyl halides is 6. The molecule has 1 aromatic heterocycles. The predicted octanol–water partition coefficient (Wildman–Crippen LogP) is 2.25. The molecular formula is C23H31F6N5O6. The summed E-state index contributed by atoms with van der Waals surface area (Å²) in [5, 5.41) is 25.8. The molecule has 1 amide bonds. The van der Waals surface area contributed by atoms with Gasteiger partial charge in [0.2, 0.25) is 5.91 Å². The first-order chi connectivity index (χ1) is 18.6. The molecule has 0 saturated carbocycles. The number of carboxylic acid groups (broad SMARTS) is 2. The van der Waals surface area contributed by atoms with E-state index in [0.29, 0.717) is 5.92 Å². The van der Waals surface area contributed by atoms with Crippen LogP contribution in [0.25, 0.3) is 0 Å². The molecule has 4 heterocycles. The number of fused-ring (bicyclic) bond motifs is 1. The third kappa shape index (κ3) is 10.7. The first kappa shape index (κ1) is 33.0. The number of carboxylic acids is 2. The highest BCUT2D eigenvalue weighted by molar-refractivity contribution is 5.81. The fourth-order valence-corrected chi connectivity index (χ4v) is 4.33. The summed E-state index contributed by atoms with van der Waals surface area (Å²) in [6.07, 6.45) is -5.91. The maximum atomic E-state index is 12.5. The average Bonchev–Trinajstić information content (AvgIpc) is 3.53. The topological polar surface area (TPSA) is 145 Å². The molecule has 3 saturated heterocycles. The Morgan fingerprint density at radius 1 is 1.00 bits per heavy atom. The number of piperidine rings is 1. The number of hydrogen-bond acceptors (Lipinski definition) is 8. The Morgan fingerprint density at radius 2 is 1.57 bits per heavy atom. The van der Waals surface area contributed by atoms with Crippen LogP contribution in [0.2, 0.25) is 0 Å². The molecule has 226 valence electrons. The quantitative estimate of drug-likeness (QED) is 0.439. The Labute approximate surface area is 225 Å². The minimum Gasteiger partial charge on any atom is -0.475 e. The van der Waals surface area contributed by atoms with Crippen molar-refractivity contribution < 1.29 is 55.7 Å². The maximum absolute atomic E-state index is 12.5. The van der Waals surface area contributed by atoms with E-state index in [9.17, 15) is 31.1 Å². The molecular weight excluding hydrogens is 556 g/mol. The Kier molecular flexibility index (Phi) is 11.9. The second-order valence-corrected chi connectivity index (χ2v) is 9.37. The van der Waals surface area contributed by atoms with E-state index in [-0.39, 0.29) is 18.1 Å². The van der Waals surface area contributed by atoms with Gasteiger partial charge < -0.3 is 30.1 Å². The van der Waals surface area contributed by atoms with Crippen molar-refractivity contribution in [3.05, 3.63) is 17.8 Å². The van der Waals surface area contributed by atoms with Crippen molar-refractivity contribution in [1.82, 2.24) is 20.4 Å². The summed E-state index contributed by atoms with van der Waals surface area (Å²) in [6.45, 7) is 7.68.